The topological polar surface area (TPSA) is 29.3 Å². The molecular formula is C15H24N2S. The molecule has 0 bridgehead atoms. The molecule has 0 spiro atoms. The second kappa shape index (κ2) is 4.32. The highest BCUT2D eigenvalue weighted by Crippen LogP contribution is 2.57. The van der Waals surface area contributed by atoms with E-state index in [2.05, 4.69) is 36.3 Å². The van der Waals surface area contributed by atoms with Gasteiger partial charge in [0.1, 0.15) is 0 Å². The smallest absolute Gasteiger partial charge is 0.0363 e. The average Bonchev–Trinajstić information content (AvgIpc) is 3.28. The molecule has 2 fully saturated rings. The minimum Gasteiger partial charge on any atom is -0.329 e. The second-order valence-electron chi connectivity index (χ2n) is 6.48. The SMILES string of the molecule is CC1(C(C)(CN)N(Cc2cccs2)C2CC2)CC1. The van der Waals surface area contributed by atoms with Crippen molar-refractivity contribution in [2.45, 2.75) is 57.7 Å². The summed E-state index contributed by atoms with van der Waals surface area (Å²) in [4.78, 5) is 4.19. The summed E-state index contributed by atoms with van der Waals surface area (Å²) >= 11 is 1.87. The maximum Gasteiger partial charge on any atom is 0.0363 e. The zero-order valence-electron chi connectivity index (χ0n) is 11.5. The molecule has 3 rings (SSSR count). The van der Waals surface area contributed by atoms with Crippen molar-refractivity contribution in [1.82, 2.24) is 4.90 Å². The van der Waals surface area contributed by atoms with Gasteiger partial charge in [0.25, 0.3) is 0 Å². The van der Waals surface area contributed by atoms with E-state index in [1.165, 1.54) is 30.6 Å². The molecule has 1 aromatic rings. The molecule has 2 aliphatic rings. The van der Waals surface area contributed by atoms with Crippen LogP contribution in [-0.4, -0.2) is 23.0 Å². The Morgan fingerprint density at radius 3 is 2.67 bits per heavy atom. The van der Waals surface area contributed by atoms with E-state index in [4.69, 9.17) is 5.73 Å². The molecule has 1 unspecified atom stereocenters. The lowest BCUT2D eigenvalue weighted by Gasteiger charge is -2.46. The molecule has 0 saturated heterocycles. The number of nitrogens with two attached hydrogens (primary N) is 1. The monoisotopic (exact) mass is 264 g/mol. The number of hydrogen-bond donors (Lipinski definition) is 1. The molecule has 100 valence electrons. The van der Waals surface area contributed by atoms with Gasteiger partial charge in [0.2, 0.25) is 0 Å². The van der Waals surface area contributed by atoms with Crippen molar-refractivity contribution in [3.8, 4) is 0 Å². The number of hydrogen-bond acceptors (Lipinski definition) is 3. The van der Waals surface area contributed by atoms with Crippen LogP contribution < -0.4 is 5.73 Å². The van der Waals surface area contributed by atoms with Crippen LogP contribution in [0, 0.1) is 5.41 Å². The lowest BCUT2D eigenvalue weighted by molar-refractivity contribution is 0.0330. The maximum atomic E-state index is 6.19. The Morgan fingerprint density at radius 1 is 1.50 bits per heavy atom. The van der Waals surface area contributed by atoms with Gasteiger partial charge in [-0.2, -0.15) is 0 Å². The normalized spacial score (nSPS) is 25.1. The highest BCUT2D eigenvalue weighted by molar-refractivity contribution is 7.09. The minimum atomic E-state index is 0.179. The molecule has 1 heterocycles. The number of nitrogens with zero attached hydrogens (tertiary/aromatic N) is 1. The van der Waals surface area contributed by atoms with Gasteiger partial charge in [0, 0.05) is 29.5 Å². The standard InChI is InChI=1S/C15H24N2S/c1-14(7-8-14)15(2,11-16)17(12-5-6-12)10-13-4-3-9-18-13/h3-4,9,12H,5-8,10-11,16H2,1-2H3. The summed E-state index contributed by atoms with van der Waals surface area (Å²) in [6.45, 7) is 6.69. The molecule has 2 saturated carbocycles. The van der Waals surface area contributed by atoms with Crippen LogP contribution >= 0.6 is 11.3 Å². The molecule has 0 aliphatic heterocycles. The van der Waals surface area contributed by atoms with Crippen molar-refractivity contribution in [3.05, 3.63) is 22.4 Å². The lowest BCUT2D eigenvalue weighted by Crippen LogP contribution is -2.57. The average molecular weight is 264 g/mol. The fourth-order valence-electron chi connectivity index (χ4n) is 3.10. The van der Waals surface area contributed by atoms with Crippen LogP contribution in [0.3, 0.4) is 0 Å². The zero-order valence-corrected chi connectivity index (χ0v) is 12.3. The summed E-state index contributed by atoms with van der Waals surface area (Å²) in [6, 6.07) is 5.19. The third kappa shape index (κ3) is 2.02. The van der Waals surface area contributed by atoms with Crippen molar-refractivity contribution in [1.29, 1.82) is 0 Å². The van der Waals surface area contributed by atoms with E-state index in [1.807, 2.05) is 11.3 Å². The third-order valence-corrected chi connectivity index (χ3v) is 6.09. The van der Waals surface area contributed by atoms with Crippen molar-refractivity contribution >= 4 is 11.3 Å². The zero-order chi connectivity index (χ0) is 12.8. The van der Waals surface area contributed by atoms with E-state index >= 15 is 0 Å². The van der Waals surface area contributed by atoms with Crippen LogP contribution in [0.4, 0.5) is 0 Å². The van der Waals surface area contributed by atoms with E-state index in [9.17, 15) is 0 Å². The Bertz CT molecular complexity index is 406. The first-order valence-electron chi connectivity index (χ1n) is 7.08. The van der Waals surface area contributed by atoms with Gasteiger partial charge in [-0.3, -0.25) is 4.90 Å². The van der Waals surface area contributed by atoms with Crippen LogP contribution in [0.25, 0.3) is 0 Å². The maximum absolute atomic E-state index is 6.19. The highest BCUT2D eigenvalue weighted by atomic mass is 32.1. The van der Waals surface area contributed by atoms with Gasteiger partial charge < -0.3 is 5.73 Å². The number of thiophene rings is 1. The van der Waals surface area contributed by atoms with Crippen LogP contribution in [0.15, 0.2) is 17.5 Å². The Morgan fingerprint density at radius 2 is 2.22 bits per heavy atom. The van der Waals surface area contributed by atoms with Crippen LogP contribution in [-0.2, 0) is 6.54 Å². The summed E-state index contributed by atoms with van der Waals surface area (Å²) in [5.41, 5.74) is 6.82. The quantitative estimate of drug-likeness (QED) is 0.854. The molecule has 2 nitrogen and oxygen atoms in total. The van der Waals surface area contributed by atoms with Gasteiger partial charge >= 0.3 is 0 Å². The van der Waals surface area contributed by atoms with Crippen molar-refractivity contribution in [3.63, 3.8) is 0 Å². The lowest BCUT2D eigenvalue weighted by atomic mass is 9.81. The van der Waals surface area contributed by atoms with E-state index in [1.54, 1.807) is 0 Å². The summed E-state index contributed by atoms with van der Waals surface area (Å²) < 4.78 is 0. The van der Waals surface area contributed by atoms with E-state index in [-0.39, 0.29) is 5.54 Å². The first kappa shape index (κ1) is 12.6. The molecular weight excluding hydrogens is 240 g/mol. The third-order valence-electron chi connectivity index (χ3n) is 5.23. The summed E-state index contributed by atoms with van der Waals surface area (Å²) in [5.74, 6) is 0. The van der Waals surface area contributed by atoms with Crippen LogP contribution in [0.1, 0.15) is 44.4 Å². The Hall–Kier alpha value is -0.380. The predicted molar refractivity (Wildman–Crippen MR) is 77.7 cm³/mol. The molecule has 0 radical (unpaired) electrons. The summed E-state index contributed by atoms with van der Waals surface area (Å²) in [5, 5.41) is 2.18. The van der Waals surface area contributed by atoms with Crippen LogP contribution in [0.5, 0.6) is 0 Å². The van der Waals surface area contributed by atoms with Gasteiger partial charge in [0.05, 0.1) is 0 Å². The second-order valence-corrected chi connectivity index (χ2v) is 7.51. The predicted octanol–water partition coefficient (Wildman–Crippen LogP) is 3.23. The van der Waals surface area contributed by atoms with Crippen LogP contribution in [0.2, 0.25) is 0 Å². The molecule has 1 aromatic heterocycles. The first-order chi connectivity index (χ1) is 8.59. The number of rotatable bonds is 6. The van der Waals surface area contributed by atoms with Gasteiger partial charge in [-0.15, -0.1) is 11.3 Å². The van der Waals surface area contributed by atoms with E-state index in [0.717, 1.165) is 19.1 Å². The summed E-state index contributed by atoms with van der Waals surface area (Å²) in [6.07, 6.45) is 5.40. The Labute approximate surface area is 114 Å². The Kier molecular flexibility index (Phi) is 3.04. The van der Waals surface area contributed by atoms with Crippen molar-refractivity contribution in [2.75, 3.05) is 6.54 Å². The molecule has 0 amide bonds. The highest BCUT2D eigenvalue weighted by Gasteiger charge is 2.57. The van der Waals surface area contributed by atoms with E-state index < -0.39 is 0 Å². The molecule has 0 aromatic carbocycles. The first-order valence-corrected chi connectivity index (χ1v) is 7.96. The molecule has 3 heteroatoms. The van der Waals surface area contributed by atoms with E-state index in [0.29, 0.717) is 5.41 Å². The fourth-order valence-corrected chi connectivity index (χ4v) is 3.80. The largest absolute Gasteiger partial charge is 0.329 e. The molecule has 2 N–H and O–H groups in total. The summed E-state index contributed by atoms with van der Waals surface area (Å²) in [7, 11) is 0. The van der Waals surface area contributed by atoms with Gasteiger partial charge in [0.15, 0.2) is 0 Å². The Balaban J connectivity index is 1.84. The molecule has 18 heavy (non-hydrogen) atoms. The van der Waals surface area contributed by atoms with Gasteiger partial charge in [-0.25, -0.2) is 0 Å². The van der Waals surface area contributed by atoms with Gasteiger partial charge in [-0.05, 0) is 49.5 Å². The minimum absolute atomic E-state index is 0.179. The van der Waals surface area contributed by atoms with Crippen molar-refractivity contribution in [2.24, 2.45) is 11.1 Å². The molecule has 1 atom stereocenters. The van der Waals surface area contributed by atoms with Gasteiger partial charge in [-0.1, -0.05) is 13.0 Å². The van der Waals surface area contributed by atoms with Crippen molar-refractivity contribution < 1.29 is 0 Å². The fraction of sp³-hybridized carbons (Fsp3) is 0.733. The molecule has 2 aliphatic carbocycles.